The minimum atomic E-state index is 0.145. The molecule has 4 heteroatoms. The van der Waals surface area contributed by atoms with Gasteiger partial charge in [0, 0.05) is 45.3 Å². The number of benzene rings is 2. The van der Waals surface area contributed by atoms with E-state index in [1.54, 1.807) is 0 Å². The van der Waals surface area contributed by atoms with Gasteiger partial charge >= 0.3 is 0 Å². The normalized spacial score (nSPS) is 19.6. The quantitative estimate of drug-likeness (QED) is 0.935. The zero-order chi connectivity index (χ0) is 17.2. The Kier molecular flexibility index (Phi) is 4.55. The van der Waals surface area contributed by atoms with Gasteiger partial charge in [0.25, 0.3) is 5.91 Å². The maximum atomic E-state index is 12.4. The summed E-state index contributed by atoms with van der Waals surface area (Å²) in [7, 11) is 1.88. The van der Waals surface area contributed by atoms with E-state index in [-0.39, 0.29) is 11.9 Å². The largest absolute Gasteiger partial charge is 0.341 e. The van der Waals surface area contributed by atoms with Crippen LogP contribution in [0.15, 0.2) is 48.5 Å². The molecule has 0 spiro atoms. The number of nitrogens with zero attached hydrogens (tertiary/aromatic N) is 2. The molecule has 2 aliphatic heterocycles. The van der Waals surface area contributed by atoms with Crippen LogP contribution in [0.4, 0.5) is 0 Å². The highest BCUT2D eigenvalue weighted by Crippen LogP contribution is 2.31. The number of amides is 1. The molecule has 2 aliphatic rings. The number of likely N-dealkylation sites (N-methyl/N-ethyl adjacent to an activating group) is 1. The van der Waals surface area contributed by atoms with Crippen LogP contribution in [0.25, 0.3) is 0 Å². The Morgan fingerprint density at radius 3 is 2.48 bits per heavy atom. The van der Waals surface area contributed by atoms with Crippen molar-refractivity contribution in [3.8, 4) is 0 Å². The zero-order valence-electron chi connectivity index (χ0n) is 14.7. The van der Waals surface area contributed by atoms with Crippen LogP contribution in [0.3, 0.4) is 0 Å². The van der Waals surface area contributed by atoms with Crippen molar-refractivity contribution >= 4 is 5.91 Å². The number of carbonyl (C=O) groups excluding carboxylic acids is 1. The second-order valence-corrected chi connectivity index (χ2v) is 6.99. The van der Waals surface area contributed by atoms with Crippen molar-refractivity contribution in [1.82, 2.24) is 15.1 Å². The lowest BCUT2D eigenvalue weighted by molar-refractivity contribution is 0.0781. The number of nitrogens with one attached hydrogen (secondary N) is 1. The first-order valence-corrected chi connectivity index (χ1v) is 9.12. The third-order valence-corrected chi connectivity index (χ3v) is 5.37. The van der Waals surface area contributed by atoms with Crippen LogP contribution in [-0.4, -0.2) is 55.5 Å². The molecule has 25 heavy (non-hydrogen) atoms. The van der Waals surface area contributed by atoms with E-state index >= 15 is 0 Å². The lowest BCUT2D eigenvalue weighted by Gasteiger charge is -2.36. The number of piperazine rings is 1. The third kappa shape index (κ3) is 3.20. The van der Waals surface area contributed by atoms with Gasteiger partial charge in [-0.05, 0) is 29.2 Å². The summed E-state index contributed by atoms with van der Waals surface area (Å²) in [6.45, 7) is 4.94. The number of rotatable bonds is 3. The van der Waals surface area contributed by atoms with Gasteiger partial charge in [-0.15, -0.1) is 0 Å². The summed E-state index contributed by atoms with van der Waals surface area (Å²) in [5.74, 6) is 0.145. The maximum absolute atomic E-state index is 12.4. The SMILES string of the molecule is CN1CCc2cc(C(c3ccccc3)N3CCNCC3)ccc2C1=O. The molecule has 0 saturated carbocycles. The predicted molar refractivity (Wildman–Crippen MR) is 99.8 cm³/mol. The van der Waals surface area contributed by atoms with Gasteiger partial charge in [0.15, 0.2) is 0 Å². The van der Waals surface area contributed by atoms with Gasteiger partial charge in [-0.3, -0.25) is 9.69 Å². The Labute approximate surface area is 149 Å². The van der Waals surface area contributed by atoms with E-state index < -0.39 is 0 Å². The highest BCUT2D eigenvalue weighted by atomic mass is 16.2. The van der Waals surface area contributed by atoms with Gasteiger partial charge in [0.1, 0.15) is 0 Å². The molecule has 0 aliphatic carbocycles. The fourth-order valence-electron chi connectivity index (χ4n) is 3.98. The first-order chi connectivity index (χ1) is 12.2. The Hall–Kier alpha value is -2.17. The minimum absolute atomic E-state index is 0.145. The standard InChI is InChI=1S/C21H25N3O/c1-23-12-9-17-15-18(7-8-19(17)21(23)25)20(16-5-3-2-4-6-16)24-13-10-22-11-14-24/h2-8,15,20,22H,9-14H2,1H3. The van der Waals surface area contributed by atoms with Crippen LogP contribution < -0.4 is 5.32 Å². The van der Waals surface area contributed by atoms with Crippen molar-refractivity contribution in [3.05, 3.63) is 70.8 Å². The van der Waals surface area contributed by atoms with Gasteiger partial charge in [-0.1, -0.05) is 42.5 Å². The summed E-state index contributed by atoms with van der Waals surface area (Å²) >= 11 is 0. The maximum Gasteiger partial charge on any atom is 0.253 e. The monoisotopic (exact) mass is 335 g/mol. The van der Waals surface area contributed by atoms with Crippen molar-refractivity contribution in [2.24, 2.45) is 0 Å². The Morgan fingerprint density at radius 2 is 1.72 bits per heavy atom. The van der Waals surface area contributed by atoms with Crippen molar-refractivity contribution in [3.63, 3.8) is 0 Å². The van der Waals surface area contributed by atoms with Gasteiger partial charge in [0.2, 0.25) is 0 Å². The average molecular weight is 335 g/mol. The molecule has 1 unspecified atom stereocenters. The fraction of sp³-hybridized carbons (Fsp3) is 0.381. The second kappa shape index (κ2) is 6.98. The Balaban J connectivity index is 1.73. The molecular weight excluding hydrogens is 310 g/mol. The lowest BCUT2D eigenvalue weighted by atomic mass is 9.90. The molecule has 4 rings (SSSR count). The molecule has 2 aromatic carbocycles. The van der Waals surface area contributed by atoms with E-state index in [2.05, 4.69) is 52.7 Å². The summed E-state index contributed by atoms with van der Waals surface area (Å²) in [5, 5.41) is 3.44. The van der Waals surface area contributed by atoms with Crippen LogP contribution in [0.2, 0.25) is 0 Å². The van der Waals surface area contributed by atoms with E-state index in [4.69, 9.17) is 0 Å². The molecule has 2 aromatic rings. The zero-order valence-corrected chi connectivity index (χ0v) is 14.7. The summed E-state index contributed by atoms with van der Waals surface area (Å²) in [6, 6.07) is 17.4. The van der Waals surface area contributed by atoms with Crippen LogP contribution >= 0.6 is 0 Å². The topological polar surface area (TPSA) is 35.6 Å². The molecule has 1 amide bonds. The van der Waals surface area contributed by atoms with Crippen molar-refractivity contribution in [1.29, 1.82) is 0 Å². The molecule has 0 bridgehead atoms. The highest BCUT2D eigenvalue weighted by Gasteiger charge is 2.27. The number of hydrogen-bond acceptors (Lipinski definition) is 3. The third-order valence-electron chi connectivity index (χ3n) is 5.37. The second-order valence-electron chi connectivity index (χ2n) is 6.99. The Bertz CT molecular complexity index is 753. The first kappa shape index (κ1) is 16.3. The van der Waals surface area contributed by atoms with Gasteiger partial charge in [-0.25, -0.2) is 0 Å². The smallest absolute Gasteiger partial charge is 0.253 e. The van der Waals surface area contributed by atoms with Gasteiger partial charge in [-0.2, -0.15) is 0 Å². The van der Waals surface area contributed by atoms with Crippen LogP contribution in [-0.2, 0) is 6.42 Å². The average Bonchev–Trinajstić information content (AvgIpc) is 2.67. The molecule has 2 heterocycles. The van der Waals surface area contributed by atoms with Gasteiger partial charge < -0.3 is 10.2 Å². The van der Waals surface area contributed by atoms with Gasteiger partial charge in [0.05, 0.1) is 6.04 Å². The summed E-state index contributed by atoms with van der Waals surface area (Å²) in [6.07, 6.45) is 0.939. The molecule has 1 atom stereocenters. The van der Waals surface area contributed by atoms with Crippen molar-refractivity contribution in [2.45, 2.75) is 12.5 Å². The van der Waals surface area contributed by atoms with Crippen molar-refractivity contribution < 1.29 is 4.79 Å². The molecule has 4 nitrogen and oxygen atoms in total. The fourth-order valence-corrected chi connectivity index (χ4v) is 3.98. The van der Waals surface area contributed by atoms with E-state index in [0.29, 0.717) is 0 Å². The summed E-state index contributed by atoms with van der Waals surface area (Å²) in [4.78, 5) is 16.7. The summed E-state index contributed by atoms with van der Waals surface area (Å²) < 4.78 is 0. The number of hydrogen-bond donors (Lipinski definition) is 1. The van der Waals surface area contributed by atoms with E-state index in [0.717, 1.165) is 44.7 Å². The van der Waals surface area contributed by atoms with Crippen molar-refractivity contribution in [2.75, 3.05) is 39.8 Å². The highest BCUT2D eigenvalue weighted by molar-refractivity contribution is 5.96. The molecule has 1 saturated heterocycles. The molecule has 0 aromatic heterocycles. The van der Waals surface area contributed by atoms with E-state index in [1.807, 2.05) is 18.0 Å². The molecule has 0 radical (unpaired) electrons. The molecule has 130 valence electrons. The summed E-state index contributed by atoms with van der Waals surface area (Å²) in [5.41, 5.74) is 4.68. The van der Waals surface area contributed by atoms with E-state index in [9.17, 15) is 4.79 Å². The number of carbonyl (C=O) groups is 1. The molecular formula is C21H25N3O. The predicted octanol–water partition coefficient (Wildman–Crippen LogP) is 2.31. The Morgan fingerprint density at radius 1 is 0.960 bits per heavy atom. The van der Waals surface area contributed by atoms with E-state index in [1.165, 1.54) is 16.7 Å². The van der Waals surface area contributed by atoms with Crippen LogP contribution in [0.5, 0.6) is 0 Å². The van der Waals surface area contributed by atoms with Crippen LogP contribution in [0, 0.1) is 0 Å². The number of fused-ring (bicyclic) bond motifs is 1. The first-order valence-electron chi connectivity index (χ1n) is 9.12. The lowest BCUT2D eigenvalue weighted by Crippen LogP contribution is -2.45. The van der Waals surface area contributed by atoms with Crippen LogP contribution in [0.1, 0.15) is 33.1 Å². The molecule has 1 fully saturated rings. The minimum Gasteiger partial charge on any atom is -0.341 e. The molecule has 1 N–H and O–H groups in total.